The number of nitrogens with one attached hydrogen (secondary N) is 1. The van der Waals surface area contributed by atoms with E-state index in [0.717, 1.165) is 0 Å². The van der Waals surface area contributed by atoms with Crippen LogP contribution in [-0.2, 0) is 14.4 Å². The molecule has 1 atom stereocenters. The lowest BCUT2D eigenvalue weighted by molar-refractivity contribution is -0.147. The van der Waals surface area contributed by atoms with Gasteiger partial charge in [0.05, 0.1) is 13.1 Å². The van der Waals surface area contributed by atoms with E-state index < -0.39 is 12.1 Å². The first-order chi connectivity index (χ1) is 8.97. The summed E-state index contributed by atoms with van der Waals surface area (Å²) in [7, 11) is 0. The Kier molecular flexibility index (Phi) is 3.48. The molecule has 7 heteroatoms. The summed E-state index contributed by atoms with van der Waals surface area (Å²) in [6, 6.07) is 6.02. The van der Waals surface area contributed by atoms with Gasteiger partial charge in [-0.25, -0.2) is 4.79 Å². The highest BCUT2D eigenvalue weighted by atomic mass is 16.4. The second kappa shape index (κ2) is 5.07. The third-order valence-corrected chi connectivity index (χ3v) is 2.76. The molecule has 1 heterocycles. The molecular formula is C12H12N2O5. The summed E-state index contributed by atoms with van der Waals surface area (Å²) in [4.78, 5) is 34.6. The van der Waals surface area contributed by atoms with Crippen molar-refractivity contribution in [2.24, 2.45) is 0 Å². The number of anilines is 1. The molecule has 1 fully saturated rings. The fourth-order valence-electron chi connectivity index (χ4n) is 1.83. The molecule has 0 bridgehead atoms. The molecular weight excluding hydrogens is 252 g/mol. The van der Waals surface area contributed by atoms with Gasteiger partial charge in [0.15, 0.2) is 6.10 Å². The van der Waals surface area contributed by atoms with Crippen LogP contribution in [0.4, 0.5) is 5.69 Å². The van der Waals surface area contributed by atoms with E-state index in [2.05, 4.69) is 5.32 Å². The topological polar surface area (TPSA) is 107 Å². The molecule has 19 heavy (non-hydrogen) atoms. The maximum Gasteiger partial charge on any atom is 0.337 e. The number of aliphatic carboxylic acids is 1. The summed E-state index contributed by atoms with van der Waals surface area (Å²) >= 11 is 0. The van der Waals surface area contributed by atoms with Crippen LogP contribution in [0.3, 0.4) is 0 Å². The van der Waals surface area contributed by atoms with Crippen LogP contribution in [0.15, 0.2) is 24.3 Å². The summed E-state index contributed by atoms with van der Waals surface area (Å²) in [5.41, 5.74) is 0.855. The van der Waals surface area contributed by atoms with E-state index in [1.807, 2.05) is 0 Å². The van der Waals surface area contributed by atoms with Gasteiger partial charge in [0, 0.05) is 5.69 Å². The quantitative estimate of drug-likeness (QED) is 0.621. The number of aliphatic hydroxyl groups is 1. The summed E-state index contributed by atoms with van der Waals surface area (Å²) in [6.45, 7) is 0.124. The van der Waals surface area contributed by atoms with Crippen molar-refractivity contribution in [3.63, 3.8) is 0 Å². The predicted molar refractivity (Wildman–Crippen MR) is 64.4 cm³/mol. The van der Waals surface area contributed by atoms with Gasteiger partial charge in [0.25, 0.3) is 0 Å². The minimum Gasteiger partial charge on any atom is -0.479 e. The van der Waals surface area contributed by atoms with Gasteiger partial charge >= 0.3 is 5.97 Å². The Morgan fingerprint density at radius 1 is 1.16 bits per heavy atom. The third kappa shape index (κ3) is 2.89. The average Bonchev–Trinajstić information content (AvgIpc) is 2.37. The first-order valence-electron chi connectivity index (χ1n) is 5.56. The van der Waals surface area contributed by atoms with Crippen molar-refractivity contribution < 1.29 is 24.6 Å². The molecule has 0 spiro atoms. The Balaban J connectivity index is 2.16. The smallest absolute Gasteiger partial charge is 0.337 e. The van der Waals surface area contributed by atoms with Crippen molar-refractivity contribution in [2.45, 2.75) is 6.10 Å². The zero-order valence-corrected chi connectivity index (χ0v) is 9.87. The third-order valence-electron chi connectivity index (χ3n) is 2.76. The molecule has 1 aliphatic heterocycles. The molecule has 0 saturated carbocycles. The lowest BCUT2D eigenvalue weighted by Gasteiger charge is -2.27. The van der Waals surface area contributed by atoms with Crippen molar-refractivity contribution in [2.75, 3.05) is 18.0 Å². The van der Waals surface area contributed by atoms with Crippen LogP contribution < -0.4 is 10.2 Å². The number of carboxylic acids is 1. The van der Waals surface area contributed by atoms with E-state index >= 15 is 0 Å². The van der Waals surface area contributed by atoms with Crippen molar-refractivity contribution in [3.05, 3.63) is 29.8 Å². The van der Waals surface area contributed by atoms with Crippen LogP contribution in [0, 0.1) is 0 Å². The molecule has 0 aliphatic carbocycles. The van der Waals surface area contributed by atoms with Crippen LogP contribution in [0.25, 0.3) is 0 Å². The van der Waals surface area contributed by atoms with E-state index in [0.29, 0.717) is 5.69 Å². The predicted octanol–water partition coefficient (Wildman–Crippen LogP) is -0.733. The molecule has 1 unspecified atom stereocenters. The first kappa shape index (κ1) is 13.0. The van der Waals surface area contributed by atoms with Gasteiger partial charge < -0.3 is 15.1 Å². The molecule has 2 rings (SSSR count). The monoisotopic (exact) mass is 264 g/mol. The maximum atomic E-state index is 11.2. The van der Waals surface area contributed by atoms with Crippen LogP contribution in [0.5, 0.6) is 0 Å². The first-order valence-corrected chi connectivity index (χ1v) is 5.56. The molecule has 1 aromatic rings. The lowest BCUT2D eigenvalue weighted by Crippen LogP contribution is -2.51. The van der Waals surface area contributed by atoms with Gasteiger partial charge in [-0.3, -0.25) is 14.9 Å². The summed E-state index contributed by atoms with van der Waals surface area (Å²) in [5, 5.41) is 20.2. The van der Waals surface area contributed by atoms with E-state index in [1.54, 1.807) is 17.0 Å². The van der Waals surface area contributed by atoms with Crippen molar-refractivity contribution in [1.29, 1.82) is 0 Å². The number of carbonyl (C=O) groups is 3. The molecule has 0 radical (unpaired) electrons. The summed E-state index contributed by atoms with van der Waals surface area (Å²) in [6.07, 6.45) is -1.58. The van der Waals surface area contributed by atoms with E-state index in [1.165, 1.54) is 12.1 Å². The van der Waals surface area contributed by atoms with Gasteiger partial charge in [-0.1, -0.05) is 12.1 Å². The number of nitrogens with zero attached hydrogens (tertiary/aromatic N) is 1. The molecule has 2 amide bonds. The van der Waals surface area contributed by atoms with Crippen LogP contribution in [-0.4, -0.2) is 41.1 Å². The molecule has 1 aromatic carbocycles. The van der Waals surface area contributed by atoms with Crippen molar-refractivity contribution >= 4 is 23.5 Å². The standard InChI is InChI=1S/C12H12N2O5/c15-9-5-14(6-10(16)13-9)8-3-1-7(2-4-8)11(17)12(18)19/h1-4,11,17H,5-6H2,(H,18,19)(H,13,15,16). The minimum absolute atomic E-state index is 0.0621. The van der Waals surface area contributed by atoms with Crippen LogP contribution >= 0.6 is 0 Å². The van der Waals surface area contributed by atoms with Crippen molar-refractivity contribution in [3.8, 4) is 0 Å². The maximum absolute atomic E-state index is 11.2. The molecule has 100 valence electrons. The fraction of sp³-hybridized carbons (Fsp3) is 0.250. The van der Waals surface area contributed by atoms with E-state index in [4.69, 9.17) is 5.11 Å². The van der Waals surface area contributed by atoms with Gasteiger partial charge in [-0.2, -0.15) is 0 Å². The van der Waals surface area contributed by atoms with Crippen LogP contribution in [0.1, 0.15) is 11.7 Å². The number of benzene rings is 1. The number of carboxylic acid groups (broad SMARTS) is 1. The second-order valence-corrected chi connectivity index (χ2v) is 4.16. The Morgan fingerprint density at radius 3 is 2.16 bits per heavy atom. The number of aliphatic hydroxyl groups excluding tert-OH is 1. The second-order valence-electron chi connectivity index (χ2n) is 4.16. The largest absolute Gasteiger partial charge is 0.479 e. The van der Waals surface area contributed by atoms with Crippen LogP contribution in [0.2, 0.25) is 0 Å². The number of imide groups is 1. The number of hydrogen-bond donors (Lipinski definition) is 3. The molecule has 3 N–H and O–H groups in total. The number of hydrogen-bond acceptors (Lipinski definition) is 5. The Bertz CT molecular complexity index is 509. The lowest BCUT2D eigenvalue weighted by atomic mass is 10.1. The Morgan fingerprint density at radius 2 is 1.68 bits per heavy atom. The average molecular weight is 264 g/mol. The summed E-state index contributed by atoms with van der Waals surface area (Å²) < 4.78 is 0. The fourth-order valence-corrected chi connectivity index (χ4v) is 1.83. The Hall–Kier alpha value is -2.41. The number of rotatable bonds is 3. The molecule has 0 aromatic heterocycles. The highest BCUT2D eigenvalue weighted by Gasteiger charge is 2.23. The highest BCUT2D eigenvalue weighted by Crippen LogP contribution is 2.20. The molecule has 1 saturated heterocycles. The Labute approximate surface area is 108 Å². The van der Waals surface area contributed by atoms with Gasteiger partial charge in [-0.15, -0.1) is 0 Å². The zero-order chi connectivity index (χ0) is 14.0. The van der Waals surface area contributed by atoms with E-state index in [9.17, 15) is 19.5 Å². The number of piperazine rings is 1. The molecule has 1 aliphatic rings. The summed E-state index contributed by atoms with van der Waals surface area (Å²) in [5.74, 6) is -2.10. The van der Waals surface area contributed by atoms with E-state index in [-0.39, 0.29) is 30.5 Å². The SMILES string of the molecule is O=C1CN(c2ccc(C(O)C(=O)O)cc2)CC(=O)N1. The van der Waals surface area contributed by atoms with Gasteiger partial charge in [0.1, 0.15) is 0 Å². The van der Waals surface area contributed by atoms with Gasteiger partial charge in [0.2, 0.25) is 11.8 Å². The zero-order valence-electron chi connectivity index (χ0n) is 9.87. The normalized spacial score (nSPS) is 17.0. The van der Waals surface area contributed by atoms with Crippen molar-refractivity contribution in [1.82, 2.24) is 5.32 Å². The highest BCUT2D eigenvalue weighted by molar-refractivity contribution is 6.02. The molecule has 7 nitrogen and oxygen atoms in total. The number of carbonyl (C=O) groups excluding carboxylic acids is 2. The number of amides is 2. The minimum atomic E-state index is -1.58. The van der Waals surface area contributed by atoms with Gasteiger partial charge in [-0.05, 0) is 17.7 Å².